The molecule has 1 fully saturated rings. The minimum absolute atomic E-state index is 0.332. The average molecular weight is 496 g/mol. The van der Waals surface area contributed by atoms with Crippen molar-refractivity contribution < 1.29 is 17.6 Å². The molecule has 1 N–H and O–H groups in total. The van der Waals surface area contributed by atoms with Crippen molar-refractivity contribution in [1.29, 1.82) is 0 Å². The fraction of sp³-hybridized carbons (Fsp3) is 0.407. The first-order chi connectivity index (χ1) is 16.9. The Hall–Kier alpha value is -2.97. The van der Waals surface area contributed by atoms with Gasteiger partial charge in [-0.1, -0.05) is 48.9 Å². The predicted molar refractivity (Wildman–Crippen MR) is 136 cm³/mol. The smallest absolute Gasteiger partial charge is 0.235 e. The van der Waals surface area contributed by atoms with E-state index >= 15 is 0 Å². The normalized spacial score (nSPS) is 14.7. The van der Waals surface area contributed by atoms with Crippen LogP contribution in [0.15, 0.2) is 59.0 Å². The van der Waals surface area contributed by atoms with Gasteiger partial charge in [-0.05, 0) is 62.5 Å². The lowest BCUT2D eigenvalue weighted by Gasteiger charge is -2.26. The van der Waals surface area contributed by atoms with Crippen molar-refractivity contribution in [3.63, 3.8) is 0 Å². The van der Waals surface area contributed by atoms with Gasteiger partial charge in [-0.3, -0.25) is 9.69 Å². The van der Waals surface area contributed by atoms with Crippen LogP contribution in [-0.2, 0) is 33.4 Å². The van der Waals surface area contributed by atoms with Crippen LogP contribution >= 0.6 is 0 Å². The molecule has 1 amide bonds. The van der Waals surface area contributed by atoms with Gasteiger partial charge in [0.2, 0.25) is 11.8 Å². The Morgan fingerprint density at radius 3 is 2.43 bits per heavy atom. The first-order valence-corrected chi connectivity index (χ1v) is 14.0. The summed E-state index contributed by atoms with van der Waals surface area (Å²) >= 11 is 0. The van der Waals surface area contributed by atoms with Crippen molar-refractivity contribution in [2.24, 2.45) is 0 Å². The Kier molecular flexibility index (Phi) is 8.36. The summed E-state index contributed by atoms with van der Waals surface area (Å²) in [5.41, 5.74) is 3.47. The van der Waals surface area contributed by atoms with Gasteiger partial charge in [-0.15, -0.1) is 0 Å². The molecule has 0 unspecified atom stereocenters. The zero-order valence-corrected chi connectivity index (χ0v) is 21.0. The van der Waals surface area contributed by atoms with Crippen molar-refractivity contribution in [2.75, 3.05) is 25.4 Å². The number of amides is 1. The molecule has 0 spiro atoms. The molecule has 0 aliphatic carbocycles. The van der Waals surface area contributed by atoms with E-state index in [-0.39, 0.29) is 5.75 Å². The number of hydrogen-bond donors (Lipinski definition) is 1. The van der Waals surface area contributed by atoms with Crippen LogP contribution in [0, 0.1) is 6.92 Å². The van der Waals surface area contributed by atoms with Crippen LogP contribution in [0.4, 0.5) is 0 Å². The summed E-state index contributed by atoms with van der Waals surface area (Å²) in [6.07, 6.45) is 4.48. The molecule has 4 rings (SSSR count). The largest absolute Gasteiger partial charge is 0.441 e. The Bertz CT molecular complexity index is 1220. The van der Waals surface area contributed by atoms with E-state index in [9.17, 15) is 13.2 Å². The van der Waals surface area contributed by atoms with Crippen LogP contribution in [0.2, 0.25) is 0 Å². The summed E-state index contributed by atoms with van der Waals surface area (Å²) in [7, 11) is -3.68. The molecular formula is C27H33N3O4S. The first-order valence-electron chi connectivity index (χ1n) is 12.2. The van der Waals surface area contributed by atoms with E-state index in [4.69, 9.17) is 4.42 Å². The number of carbonyl (C=O) groups excluding carboxylic acids is 1. The predicted octanol–water partition coefficient (Wildman–Crippen LogP) is 3.91. The number of hydrogen-bond acceptors (Lipinski definition) is 6. The molecular weight excluding hydrogens is 462 g/mol. The molecule has 0 bridgehead atoms. The molecule has 7 nitrogen and oxygen atoms in total. The molecule has 1 saturated heterocycles. The third-order valence-electron chi connectivity index (χ3n) is 6.23. The van der Waals surface area contributed by atoms with E-state index in [1.807, 2.05) is 42.5 Å². The Balaban J connectivity index is 1.31. The number of oxazole rings is 1. The number of aromatic nitrogens is 1. The second kappa shape index (κ2) is 11.6. The van der Waals surface area contributed by atoms with Crippen LogP contribution in [0.3, 0.4) is 0 Å². The molecule has 8 heteroatoms. The number of sulfone groups is 1. The zero-order chi connectivity index (χ0) is 24.7. The second-order valence-electron chi connectivity index (χ2n) is 9.17. The van der Waals surface area contributed by atoms with Crippen molar-refractivity contribution in [3.05, 3.63) is 77.2 Å². The Labute approximate surface area is 207 Å². The molecule has 0 radical (unpaired) electrons. The zero-order valence-electron chi connectivity index (χ0n) is 20.2. The maximum atomic E-state index is 12.6. The molecule has 3 aromatic rings. The topological polar surface area (TPSA) is 92.5 Å². The van der Waals surface area contributed by atoms with E-state index in [1.165, 1.54) is 24.8 Å². The van der Waals surface area contributed by atoms with Gasteiger partial charge < -0.3 is 9.73 Å². The average Bonchev–Trinajstić information content (AvgIpc) is 3.20. The minimum Gasteiger partial charge on any atom is -0.441 e. The van der Waals surface area contributed by atoms with Gasteiger partial charge in [0.25, 0.3) is 0 Å². The third kappa shape index (κ3) is 7.50. The number of benzene rings is 2. The van der Waals surface area contributed by atoms with E-state index in [0.717, 1.165) is 30.8 Å². The van der Waals surface area contributed by atoms with Crippen molar-refractivity contribution in [1.82, 2.24) is 15.2 Å². The van der Waals surface area contributed by atoms with E-state index in [1.54, 1.807) is 6.92 Å². The number of rotatable bonds is 10. The van der Waals surface area contributed by atoms with Gasteiger partial charge in [-0.25, -0.2) is 13.4 Å². The van der Waals surface area contributed by atoms with Gasteiger partial charge in [0.1, 0.15) is 11.5 Å². The quantitative estimate of drug-likeness (QED) is 0.459. The highest BCUT2D eigenvalue weighted by Crippen LogP contribution is 2.24. The lowest BCUT2D eigenvalue weighted by molar-refractivity contribution is -0.118. The second-order valence-corrected chi connectivity index (χ2v) is 11.2. The maximum Gasteiger partial charge on any atom is 0.235 e. The van der Waals surface area contributed by atoms with Gasteiger partial charge >= 0.3 is 0 Å². The van der Waals surface area contributed by atoms with Crippen LogP contribution in [0.5, 0.6) is 0 Å². The highest BCUT2D eigenvalue weighted by atomic mass is 32.2. The fourth-order valence-corrected chi connectivity index (χ4v) is 5.60. The highest BCUT2D eigenvalue weighted by Gasteiger charge is 2.22. The van der Waals surface area contributed by atoms with Crippen LogP contribution in [0.25, 0.3) is 11.5 Å². The molecule has 35 heavy (non-hydrogen) atoms. The van der Waals surface area contributed by atoms with Gasteiger partial charge in [0, 0.05) is 18.7 Å². The van der Waals surface area contributed by atoms with E-state index in [0.29, 0.717) is 30.3 Å². The van der Waals surface area contributed by atoms with Crippen LogP contribution in [-0.4, -0.2) is 49.6 Å². The molecule has 1 aliphatic rings. The maximum absolute atomic E-state index is 12.6. The highest BCUT2D eigenvalue weighted by molar-refractivity contribution is 7.91. The summed E-state index contributed by atoms with van der Waals surface area (Å²) in [4.78, 5) is 19.1. The monoisotopic (exact) mass is 495 g/mol. The molecule has 2 heterocycles. The van der Waals surface area contributed by atoms with Gasteiger partial charge in [0.15, 0.2) is 9.84 Å². The standard InChI is InChI=1S/C27H33N3O4S/c1-21-25(19-35(32,33)20-26(31)28-15-14-22-8-4-2-5-9-22)29-27(34-21)24-12-10-23(11-13-24)18-30-16-6-3-7-17-30/h2,4-5,8-13H,3,6-7,14-20H2,1H3,(H,28,31). The summed E-state index contributed by atoms with van der Waals surface area (Å²) in [5.74, 6) is -0.572. The lowest BCUT2D eigenvalue weighted by atomic mass is 10.1. The van der Waals surface area contributed by atoms with Gasteiger partial charge in [0.05, 0.1) is 11.4 Å². The Morgan fingerprint density at radius 1 is 1.00 bits per heavy atom. The van der Waals surface area contributed by atoms with Crippen LogP contribution in [0.1, 0.15) is 41.8 Å². The molecule has 1 aliphatic heterocycles. The van der Waals surface area contributed by atoms with Crippen molar-refractivity contribution >= 4 is 15.7 Å². The fourth-order valence-electron chi connectivity index (χ4n) is 4.31. The van der Waals surface area contributed by atoms with Crippen LogP contribution < -0.4 is 5.32 Å². The molecule has 0 atom stereocenters. The molecule has 2 aromatic carbocycles. The van der Waals surface area contributed by atoms with E-state index in [2.05, 4.69) is 27.3 Å². The number of nitrogens with one attached hydrogen (secondary N) is 1. The minimum atomic E-state index is -3.68. The summed E-state index contributed by atoms with van der Waals surface area (Å²) in [6, 6.07) is 17.8. The number of nitrogens with zero attached hydrogens (tertiary/aromatic N) is 2. The van der Waals surface area contributed by atoms with Crippen molar-refractivity contribution in [3.8, 4) is 11.5 Å². The molecule has 0 saturated carbocycles. The summed E-state index contributed by atoms with van der Waals surface area (Å²) < 4.78 is 31.0. The van der Waals surface area contributed by atoms with Gasteiger partial charge in [-0.2, -0.15) is 0 Å². The number of carbonyl (C=O) groups is 1. The van der Waals surface area contributed by atoms with E-state index < -0.39 is 21.5 Å². The molecule has 1 aromatic heterocycles. The Morgan fingerprint density at radius 2 is 1.71 bits per heavy atom. The third-order valence-corrected chi connectivity index (χ3v) is 7.65. The first kappa shape index (κ1) is 25.1. The number of aryl methyl sites for hydroxylation is 1. The van der Waals surface area contributed by atoms with Crippen molar-refractivity contribution in [2.45, 2.75) is 44.9 Å². The molecule has 186 valence electrons. The summed E-state index contributed by atoms with van der Waals surface area (Å²) in [5, 5.41) is 2.69. The number of piperidine rings is 1. The SMILES string of the molecule is Cc1oc(-c2ccc(CN3CCCCC3)cc2)nc1CS(=O)(=O)CC(=O)NCCc1ccccc1. The lowest BCUT2D eigenvalue weighted by Crippen LogP contribution is -2.32. The number of likely N-dealkylation sites (tertiary alicyclic amines) is 1. The summed E-state index contributed by atoms with van der Waals surface area (Å²) in [6.45, 7) is 5.31.